The molecule has 0 aliphatic rings. The average molecular weight is 271 g/mol. The summed E-state index contributed by atoms with van der Waals surface area (Å²) in [4.78, 5) is 0.732. The zero-order valence-corrected chi connectivity index (χ0v) is 12.0. The molecular formula is C16H17NOS. The van der Waals surface area contributed by atoms with Gasteiger partial charge in [-0.1, -0.05) is 54.6 Å². The molecule has 0 spiro atoms. The number of aryl methyl sites for hydroxylation is 1. The molecule has 2 aromatic carbocycles. The van der Waals surface area contributed by atoms with E-state index in [1.807, 2.05) is 61.5 Å². The summed E-state index contributed by atoms with van der Waals surface area (Å²) in [5, 5.41) is 0. The topological polar surface area (TPSA) is 29.4 Å². The van der Waals surface area contributed by atoms with Crippen LogP contribution in [0.15, 0.2) is 70.4 Å². The van der Waals surface area contributed by atoms with E-state index in [2.05, 4.69) is 10.9 Å². The van der Waals surface area contributed by atoms with Gasteiger partial charge in [-0.15, -0.1) is 0 Å². The minimum absolute atomic E-state index is 0.550. The molecule has 0 aliphatic carbocycles. The Morgan fingerprint density at radius 2 is 1.63 bits per heavy atom. The summed E-state index contributed by atoms with van der Waals surface area (Å²) in [5.41, 5.74) is 2.58. The molecule has 1 atom stereocenters. The molecule has 3 heteroatoms. The first-order valence-electron chi connectivity index (χ1n) is 6.02. The lowest BCUT2D eigenvalue weighted by Crippen LogP contribution is -1.98. The molecule has 0 aromatic heterocycles. The van der Waals surface area contributed by atoms with Gasteiger partial charge in [0.25, 0.3) is 0 Å². The van der Waals surface area contributed by atoms with Crippen molar-refractivity contribution < 1.29 is 4.21 Å². The Kier molecular flexibility index (Phi) is 3.86. The van der Waals surface area contributed by atoms with Crippen molar-refractivity contribution in [2.75, 3.05) is 6.26 Å². The number of hydrogen-bond acceptors (Lipinski definition) is 2. The first-order valence-corrected chi connectivity index (χ1v) is 7.94. The maximum absolute atomic E-state index is 12.7. The second-order valence-corrected chi connectivity index (χ2v) is 6.78. The van der Waals surface area contributed by atoms with Gasteiger partial charge in [0.15, 0.2) is 0 Å². The highest BCUT2D eigenvalue weighted by atomic mass is 32.2. The molecule has 1 unspecified atom stereocenters. The van der Waals surface area contributed by atoms with Crippen LogP contribution in [0.3, 0.4) is 0 Å². The summed E-state index contributed by atoms with van der Waals surface area (Å²) in [6, 6.07) is 17.2. The summed E-state index contributed by atoms with van der Waals surface area (Å²) in [6.07, 6.45) is 1.64. The molecule has 0 radical (unpaired) electrons. The molecule has 0 saturated carbocycles. The van der Waals surface area contributed by atoms with E-state index in [0.717, 1.165) is 16.0 Å². The van der Waals surface area contributed by atoms with Crippen LogP contribution in [0.25, 0.3) is 5.70 Å². The number of benzene rings is 2. The van der Waals surface area contributed by atoms with Gasteiger partial charge in [-0.3, -0.25) is 0 Å². The third-order valence-electron chi connectivity index (χ3n) is 2.85. The molecule has 0 saturated heterocycles. The molecule has 2 aromatic rings. The monoisotopic (exact) mass is 271 g/mol. The van der Waals surface area contributed by atoms with Crippen LogP contribution in [0.4, 0.5) is 0 Å². The number of nitrogens with zero attached hydrogens (tertiary/aromatic N) is 1. The standard InChI is InChI=1S/C16H17NOS/c1-13-9-11-16(12-10-13)19(3,18)17-14(2)15-7-5-4-6-8-15/h4-12H,2H2,1,3H3. The quantitative estimate of drug-likeness (QED) is 0.825. The van der Waals surface area contributed by atoms with Gasteiger partial charge in [0.05, 0.1) is 15.4 Å². The first-order chi connectivity index (χ1) is 8.99. The maximum Gasteiger partial charge on any atom is 0.0771 e. The molecule has 19 heavy (non-hydrogen) atoms. The van der Waals surface area contributed by atoms with Crippen molar-refractivity contribution in [3.8, 4) is 0 Å². The van der Waals surface area contributed by atoms with E-state index >= 15 is 0 Å². The Hall–Kier alpha value is -1.87. The third-order valence-corrected chi connectivity index (χ3v) is 4.57. The van der Waals surface area contributed by atoms with Gasteiger partial charge in [-0.2, -0.15) is 4.36 Å². The summed E-state index contributed by atoms with van der Waals surface area (Å²) in [7, 11) is -2.45. The Labute approximate surface area is 115 Å². The van der Waals surface area contributed by atoms with Crippen LogP contribution in [-0.2, 0) is 9.73 Å². The zero-order chi connectivity index (χ0) is 13.9. The minimum Gasteiger partial charge on any atom is -0.245 e. The summed E-state index contributed by atoms with van der Waals surface area (Å²) >= 11 is 0. The molecular weight excluding hydrogens is 254 g/mol. The largest absolute Gasteiger partial charge is 0.245 e. The Morgan fingerprint density at radius 3 is 2.21 bits per heavy atom. The molecule has 0 N–H and O–H groups in total. The molecule has 2 nitrogen and oxygen atoms in total. The molecule has 0 fully saturated rings. The normalized spacial score (nSPS) is 13.6. The van der Waals surface area contributed by atoms with E-state index in [9.17, 15) is 4.21 Å². The van der Waals surface area contributed by atoms with E-state index in [1.165, 1.54) is 0 Å². The highest BCUT2D eigenvalue weighted by Crippen LogP contribution is 2.19. The SMILES string of the molecule is C=C(N=S(C)(=O)c1ccc(C)cc1)c1ccccc1. The predicted molar refractivity (Wildman–Crippen MR) is 81.4 cm³/mol. The van der Waals surface area contributed by atoms with E-state index in [4.69, 9.17) is 0 Å². The molecule has 98 valence electrons. The molecule has 0 aliphatic heterocycles. The van der Waals surface area contributed by atoms with Crippen LogP contribution in [0.1, 0.15) is 11.1 Å². The Bertz CT molecular complexity index is 693. The summed E-state index contributed by atoms with van der Waals surface area (Å²) in [5.74, 6) is 0. The van der Waals surface area contributed by atoms with Gasteiger partial charge in [0, 0.05) is 16.7 Å². The maximum atomic E-state index is 12.7. The van der Waals surface area contributed by atoms with Gasteiger partial charge >= 0.3 is 0 Å². The smallest absolute Gasteiger partial charge is 0.0771 e. The van der Waals surface area contributed by atoms with E-state index in [0.29, 0.717) is 5.70 Å². The predicted octanol–water partition coefficient (Wildman–Crippen LogP) is 4.12. The summed E-state index contributed by atoms with van der Waals surface area (Å²) < 4.78 is 17.0. The third kappa shape index (κ3) is 3.32. The molecule has 0 heterocycles. The van der Waals surface area contributed by atoms with Crippen LogP contribution in [-0.4, -0.2) is 10.5 Å². The van der Waals surface area contributed by atoms with Crippen molar-refractivity contribution in [3.05, 3.63) is 72.3 Å². The van der Waals surface area contributed by atoms with Gasteiger partial charge in [0.1, 0.15) is 0 Å². The van der Waals surface area contributed by atoms with Crippen LogP contribution >= 0.6 is 0 Å². The lowest BCUT2D eigenvalue weighted by molar-refractivity contribution is 0.681. The fraction of sp³-hybridized carbons (Fsp3) is 0.125. The average Bonchev–Trinajstić information content (AvgIpc) is 2.40. The van der Waals surface area contributed by atoms with Crippen molar-refractivity contribution >= 4 is 15.4 Å². The van der Waals surface area contributed by atoms with Crippen molar-refractivity contribution in [2.45, 2.75) is 11.8 Å². The number of hydrogen-bond donors (Lipinski definition) is 0. The van der Waals surface area contributed by atoms with Crippen LogP contribution < -0.4 is 0 Å². The minimum atomic E-state index is -2.45. The summed E-state index contributed by atoms with van der Waals surface area (Å²) in [6.45, 7) is 5.91. The van der Waals surface area contributed by atoms with E-state index < -0.39 is 9.73 Å². The van der Waals surface area contributed by atoms with Crippen molar-refractivity contribution in [1.82, 2.24) is 0 Å². The van der Waals surface area contributed by atoms with Crippen LogP contribution in [0.2, 0.25) is 0 Å². The Balaban J connectivity index is 2.39. The number of rotatable bonds is 3. The highest BCUT2D eigenvalue weighted by molar-refractivity contribution is 7.93. The molecule has 2 rings (SSSR count). The highest BCUT2D eigenvalue weighted by Gasteiger charge is 2.07. The van der Waals surface area contributed by atoms with Crippen LogP contribution in [0, 0.1) is 6.92 Å². The van der Waals surface area contributed by atoms with Gasteiger partial charge in [-0.05, 0) is 19.1 Å². The van der Waals surface area contributed by atoms with Crippen molar-refractivity contribution in [3.63, 3.8) is 0 Å². The second-order valence-electron chi connectivity index (χ2n) is 4.52. The fourth-order valence-electron chi connectivity index (χ4n) is 1.74. The lowest BCUT2D eigenvalue weighted by Gasteiger charge is -2.06. The second kappa shape index (κ2) is 5.41. The molecule has 0 amide bonds. The van der Waals surface area contributed by atoms with Gasteiger partial charge in [0.2, 0.25) is 0 Å². The first kappa shape index (κ1) is 13.6. The van der Waals surface area contributed by atoms with Gasteiger partial charge in [-0.25, -0.2) is 4.21 Å². The zero-order valence-electron chi connectivity index (χ0n) is 11.2. The Morgan fingerprint density at radius 1 is 1.05 bits per heavy atom. The lowest BCUT2D eigenvalue weighted by atomic mass is 10.2. The van der Waals surface area contributed by atoms with Gasteiger partial charge < -0.3 is 0 Å². The van der Waals surface area contributed by atoms with E-state index in [1.54, 1.807) is 6.26 Å². The van der Waals surface area contributed by atoms with Crippen molar-refractivity contribution in [1.29, 1.82) is 0 Å². The van der Waals surface area contributed by atoms with Crippen molar-refractivity contribution in [2.24, 2.45) is 4.36 Å². The van der Waals surface area contributed by atoms with E-state index in [-0.39, 0.29) is 0 Å². The molecule has 0 bridgehead atoms. The van der Waals surface area contributed by atoms with Crippen LogP contribution in [0.5, 0.6) is 0 Å². The fourth-order valence-corrected chi connectivity index (χ4v) is 3.01.